The molecule has 23 heavy (non-hydrogen) atoms. The number of carbonyl (C=O) groups is 1. The van der Waals surface area contributed by atoms with Crippen LogP contribution in [0.4, 0.5) is 5.69 Å². The van der Waals surface area contributed by atoms with Crippen molar-refractivity contribution >= 4 is 23.2 Å². The maximum atomic E-state index is 12.4. The number of piperazine rings is 1. The fourth-order valence-electron chi connectivity index (χ4n) is 2.48. The van der Waals surface area contributed by atoms with Gasteiger partial charge in [0.25, 0.3) is 11.6 Å². The average Bonchev–Trinajstić information content (AvgIpc) is 2.55. The number of nitro benzene ring substituents is 1. The molecule has 2 rings (SSSR count). The second-order valence-electron chi connectivity index (χ2n) is 5.39. The molecule has 0 unspecified atom stereocenters. The maximum Gasteiger partial charge on any atom is 0.271 e. The lowest BCUT2D eigenvalue weighted by atomic mass is 10.2. The molecule has 1 aromatic carbocycles. The van der Waals surface area contributed by atoms with Crippen LogP contribution in [0.2, 0.25) is 5.02 Å². The van der Waals surface area contributed by atoms with Gasteiger partial charge in [-0.05, 0) is 19.5 Å². The molecule has 1 aliphatic rings. The van der Waals surface area contributed by atoms with E-state index in [1.54, 1.807) is 11.8 Å². The summed E-state index contributed by atoms with van der Waals surface area (Å²) in [7, 11) is 0. The van der Waals surface area contributed by atoms with E-state index in [0.29, 0.717) is 13.1 Å². The van der Waals surface area contributed by atoms with Crippen LogP contribution in [0.1, 0.15) is 13.8 Å². The number of halogens is 1. The molecule has 1 aliphatic heterocycles. The van der Waals surface area contributed by atoms with E-state index in [4.69, 9.17) is 16.3 Å². The molecule has 0 saturated carbocycles. The minimum Gasteiger partial charge on any atom is -0.479 e. The Balaban J connectivity index is 1.97. The fraction of sp³-hybridized carbons (Fsp3) is 0.533. The van der Waals surface area contributed by atoms with Gasteiger partial charge < -0.3 is 14.5 Å². The van der Waals surface area contributed by atoms with Gasteiger partial charge in [-0.25, -0.2) is 0 Å². The second-order valence-corrected chi connectivity index (χ2v) is 5.80. The smallest absolute Gasteiger partial charge is 0.271 e. The molecule has 1 heterocycles. The predicted octanol–water partition coefficient (Wildman–Crippen LogP) is 2.18. The lowest BCUT2D eigenvalue weighted by Gasteiger charge is -2.35. The van der Waals surface area contributed by atoms with E-state index in [2.05, 4.69) is 11.8 Å². The third-order valence-corrected chi connectivity index (χ3v) is 4.20. The molecule has 126 valence electrons. The summed E-state index contributed by atoms with van der Waals surface area (Å²) in [5.74, 6) is 0.167. The van der Waals surface area contributed by atoms with Crippen molar-refractivity contribution in [3.05, 3.63) is 33.3 Å². The zero-order valence-electron chi connectivity index (χ0n) is 13.2. The van der Waals surface area contributed by atoms with Gasteiger partial charge in [0.2, 0.25) is 0 Å². The second kappa shape index (κ2) is 7.61. The summed E-state index contributed by atoms with van der Waals surface area (Å²) < 4.78 is 5.59. The van der Waals surface area contributed by atoms with Gasteiger partial charge >= 0.3 is 0 Å². The zero-order valence-corrected chi connectivity index (χ0v) is 14.0. The van der Waals surface area contributed by atoms with Gasteiger partial charge in [0.05, 0.1) is 9.95 Å². The average molecular weight is 342 g/mol. The minimum absolute atomic E-state index is 0.102. The highest BCUT2D eigenvalue weighted by atomic mass is 35.5. The van der Waals surface area contributed by atoms with Crippen LogP contribution in [0.3, 0.4) is 0 Å². The highest BCUT2D eigenvalue weighted by Crippen LogP contribution is 2.29. The number of carbonyl (C=O) groups excluding carboxylic acids is 1. The highest BCUT2D eigenvalue weighted by molar-refractivity contribution is 6.32. The lowest BCUT2D eigenvalue weighted by molar-refractivity contribution is -0.384. The Morgan fingerprint density at radius 1 is 1.39 bits per heavy atom. The van der Waals surface area contributed by atoms with Crippen LogP contribution < -0.4 is 4.74 Å². The van der Waals surface area contributed by atoms with Crippen LogP contribution in [0, 0.1) is 10.1 Å². The molecule has 1 saturated heterocycles. The number of rotatable bonds is 5. The number of benzene rings is 1. The van der Waals surface area contributed by atoms with Crippen molar-refractivity contribution in [1.82, 2.24) is 9.80 Å². The molecule has 0 spiro atoms. The van der Waals surface area contributed by atoms with Gasteiger partial charge in [-0.2, -0.15) is 0 Å². The number of non-ortho nitro benzene ring substituents is 1. The zero-order chi connectivity index (χ0) is 17.0. The molecule has 0 aliphatic carbocycles. The highest BCUT2D eigenvalue weighted by Gasteiger charge is 2.26. The van der Waals surface area contributed by atoms with Gasteiger partial charge in [0, 0.05) is 38.3 Å². The molecule has 0 radical (unpaired) electrons. The third kappa shape index (κ3) is 4.33. The molecule has 1 fully saturated rings. The quantitative estimate of drug-likeness (QED) is 0.606. The van der Waals surface area contributed by atoms with Crippen molar-refractivity contribution in [2.45, 2.75) is 20.0 Å². The number of ether oxygens (including phenoxy) is 1. The fourth-order valence-corrected chi connectivity index (χ4v) is 2.70. The standard InChI is InChI=1S/C15H20ClN3O4/c1-3-17-6-8-18(9-7-17)15(20)11(2)23-14-5-4-12(19(21)22)10-13(14)16/h4-5,10-11H,3,6-9H2,1-2H3/t11-/m0/s1. The largest absolute Gasteiger partial charge is 0.479 e. The van der Waals surface area contributed by atoms with Gasteiger partial charge in [-0.3, -0.25) is 14.9 Å². The number of likely N-dealkylation sites (N-methyl/N-ethyl adjacent to an activating group) is 1. The Bertz CT molecular complexity index is 588. The summed E-state index contributed by atoms with van der Waals surface area (Å²) in [4.78, 5) is 26.6. The normalized spacial score (nSPS) is 16.9. The molecule has 0 bridgehead atoms. The number of hydrogen-bond acceptors (Lipinski definition) is 5. The van der Waals surface area contributed by atoms with Gasteiger partial charge in [0.1, 0.15) is 5.75 Å². The summed E-state index contributed by atoms with van der Waals surface area (Å²) in [6.07, 6.45) is -0.692. The Morgan fingerprint density at radius 2 is 2.04 bits per heavy atom. The van der Waals surface area contributed by atoms with Crippen molar-refractivity contribution in [3.8, 4) is 5.75 Å². The van der Waals surface area contributed by atoms with Crippen LogP contribution in [-0.2, 0) is 4.79 Å². The Hall–Kier alpha value is -1.86. The summed E-state index contributed by atoms with van der Waals surface area (Å²) >= 11 is 5.98. The number of nitrogens with zero attached hydrogens (tertiary/aromatic N) is 3. The van der Waals surface area contributed by atoms with Crippen LogP contribution in [-0.4, -0.2) is 59.5 Å². The van der Waals surface area contributed by atoms with Gasteiger partial charge in [-0.15, -0.1) is 0 Å². The molecule has 1 aromatic rings. The van der Waals surface area contributed by atoms with Crippen molar-refractivity contribution in [2.24, 2.45) is 0 Å². The van der Waals surface area contributed by atoms with Crippen LogP contribution in [0.5, 0.6) is 5.75 Å². The van der Waals surface area contributed by atoms with Crippen molar-refractivity contribution < 1.29 is 14.5 Å². The lowest BCUT2D eigenvalue weighted by Crippen LogP contribution is -2.51. The number of amides is 1. The van der Waals surface area contributed by atoms with Crippen LogP contribution in [0.25, 0.3) is 0 Å². The summed E-state index contributed by atoms with van der Waals surface area (Å²) in [5.41, 5.74) is -0.114. The van der Waals surface area contributed by atoms with E-state index in [1.165, 1.54) is 18.2 Å². The Kier molecular flexibility index (Phi) is 5.79. The molecular formula is C15H20ClN3O4. The summed E-state index contributed by atoms with van der Waals surface area (Å²) in [6, 6.07) is 3.94. The third-order valence-electron chi connectivity index (χ3n) is 3.91. The topological polar surface area (TPSA) is 75.9 Å². The van der Waals surface area contributed by atoms with Gasteiger partial charge in [-0.1, -0.05) is 18.5 Å². The number of hydrogen-bond donors (Lipinski definition) is 0. The van der Waals surface area contributed by atoms with Crippen LogP contribution in [0.15, 0.2) is 18.2 Å². The van der Waals surface area contributed by atoms with Crippen molar-refractivity contribution in [3.63, 3.8) is 0 Å². The van der Waals surface area contributed by atoms with Crippen molar-refractivity contribution in [1.29, 1.82) is 0 Å². The molecule has 0 aromatic heterocycles. The van der Waals surface area contributed by atoms with E-state index in [-0.39, 0.29) is 22.4 Å². The maximum absolute atomic E-state index is 12.4. The van der Waals surface area contributed by atoms with E-state index in [0.717, 1.165) is 19.6 Å². The number of nitro groups is 1. The first-order chi connectivity index (χ1) is 10.9. The van der Waals surface area contributed by atoms with E-state index >= 15 is 0 Å². The predicted molar refractivity (Wildman–Crippen MR) is 86.9 cm³/mol. The van der Waals surface area contributed by atoms with Crippen molar-refractivity contribution in [2.75, 3.05) is 32.7 Å². The van der Waals surface area contributed by atoms with Crippen LogP contribution >= 0.6 is 11.6 Å². The molecule has 8 heteroatoms. The Morgan fingerprint density at radius 3 is 2.57 bits per heavy atom. The monoisotopic (exact) mass is 341 g/mol. The first-order valence-electron chi connectivity index (χ1n) is 7.54. The van der Waals surface area contributed by atoms with E-state index in [1.807, 2.05) is 0 Å². The molecule has 1 amide bonds. The van der Waals surface area contributed by atoms with Gasteiger partial charge in [0.15, 0.2) is 6.10 Å². The summed E-state index contributed by atoms with van der Waals surface area (Å²) in [5, 5.41) is 10.8. The SMILES string of the molecule is CCN1CCN(C(=O)[C@H](C)Oc2ccc([N+](=O)[O-])cc2Cl)CC1. The first-order valence-corrected chi connectivity index (χ1v) is 7.92. The molecular weight excluding hydrogens is 322 g/mol. The molecule has 1 atom stereocenters. The minimum atomic E-state index is -0.692. The van der Waals surface area contributed by atoms with E-state index < -0.39 is 11.0 Å². The Labute approximate surface area is 139 Å². The van der Waals surface area contributed by atoms with E-state index in [9.17, 15) is 14.9 Å². The molecule has 0 N–H and O–H groups in total. The first kappa shape index (κ1) is 17.5. The molecule has 7 nitrogen and oxygen atoms in total. The summed E-state index contributed by atoms with van der Waals surface area (Å²) in [6.45, 7) is 7.79.